The molecule has 1 saturated carbocycles. The average molecular weight is 348 g/mol. The number of carbonyl (C=O) groups is 1. The van der Waals surface area contributed by atoms with Crippen molar-refractivity contribution in [3.05, 3.63) is 65.2 Å². The van der Waals surface area contributed by atoms with E-state index < -0.39 is 0 Å². The summed E-state index contributed by atoms with van der Waals surface area (Å²) >= 11 is 0. The topological polar surface area (TPSA) is 42.0 Å². The second-order valence-electron chi connectivity index (χ2n) is 7.17. The number of hydrogen-bond acceptors (Lipinski definition) is 2. The summed E-state index contributed by atoms with van der Waals surface area (Å²) in [5, 5.41) is 3.16. The van der Waals surface area contributed by atoms with Gasteiger partial charge in [0, 0.05) is 41.4 Å². The first-order chi connectivity index (χ1) is 12.7. The van der Waals surface area contributed by atoms with Crippen LogP contribution in [0.1, 0.15) is 42.5 Å². The maximum Gasteiger partial charge on any atom is 0.224 e. The Kier molecular flexibility index (Phi) is 4.71. The lowest BCUT2D eigenvalue weighted by atomic mass is 9.78. The van der Waals surface area contributed by atoms with E-state index in [0.717, 1.165) is 24.1 Å². The minimum atomic E-state index is -0.291. The molecule has 1 aromatic heterocycles. The molecule has 2 fully saturated rings. The normalized spacial score (nSPS) is 24.3. The molecule has 0 radical (unpaired) electrons. The van der Waals surface area contributed by atoms with Gasteiger partial charge in [0.25, 0.3) is 0 Å². The van der Waals surface area contributed by atoms with E-state index >= 15 is 0 Å². The smallest absolute Gasteiger partial charge is 0.224 e. The molecular formula is C22H21FN2O. The molecule has 1 N–H and O–H groups in total. The van der Waals surface area contributed by atoms with Gasteiger partial charge in [-0.15, -0.1) is 0 Å². The van der Waals surface area contributed by atoms with Crippen LogP contribution < -0.4 is 5.32 Å². The van der Waals surface area contributed by atoms with Crippen molar-refractivity contribution >= 4 is 5.91 Å². The predicted octanol–water partition coefficient (Wildman–Crippen LogP) is 3.47. The molecule has 0 bridgehead atoms. The molecule has 1 aliphatic carbocycles. The maximum absolute atomic E-state index is 13.2. The number of fused-ring (bicyclic) bond motifs is 1. The highest BCUT2D eigenvalue weighted by Gasteiger charge is 2.42. The van der Waals surface area contributed by atoms with E-state index in [9.17, 15) is 9.18 Å². The molecule has 1 aromatic carbocycles. The Morgan fingerprint density at radius 3 is 2.77 bits per heavy atom. The Morgan fingerprint density at radius 1 is 1.12 bits per heavy atom. The van der Waals surface area contributed by atoms with Crippen LogP contribution in [0.5, 0.6) is 0 Å². The number of nitrogens with zero attached hydrogens (tertiary/aromatic N) is 1. The van der Waals surface area contributed by atoms with Crippen molar-refractivity contribution in [2.24, 2.45) is 11.8 Å². The van der Waals surface area contributed by atoms with Crippen LogP contribution in [0.4, 0.5) is 4.39 Å². The van der Waals surface area contributed by atoms with Crippen LogP contribution in [0.2, 0.25) is 0 Å². The molecule has 4 rings (SSSR count). The van der Waals surface area contributed by atoms with E-state index in [4.69, 9.17) is 0 Å². The van der Waals surface area contributed by atoms with Gasteiger partial charge >= 0.3 is 0 Å². The maximum atomic E-state index is 13.2. The highest BCUT2D eigenvalue weighted by molar-refractivity contribution is 5.82. The standard InChI is InChI=1S/C22H21FN2O/c23-17-5-3-4-15(12-17)8-9-16-10-11-18(24-14-16)13-20-19-6-1-2-7-21(19)25-22(20)26/h3-5,10-12,14,19-21H,1-2,6-7,13H2,(H,25,26). The van der Waals surface area contributed by atoms with Gasteiger partial charge in [-0.3, -0.25) is 9.78 Å². The number of amides is 1. The summed E-state index contributed by atoms with van der Waals surface area (Å²) in [6, 6.07) is 10.4. The van der Waals surface area contributed by atoms with Crippen LogP contribution in [-0.4, -0.2) is 16.9 Å². The average Bonchev–Trinajstić information content (AvgIpc) is 2.97. The zero-order valence-corrected chi connectivity index (χ0v) is 14.5. The van der Waals surface area contributed by atoms with E-state index in [1.807, 2.05) is 12.1 Å². The van der Waals surface area contributed by atoms with Crippen LogP contribution in [0.25, 0.3) is 0 Å². The lowest BCUT2D eigenvalue weighted by Gasteiger charge is -2.26. The molecule has 26 heavy (non-hydrogen) atoms. The van der Waals surface area contributed by atoms with Crippen molar-refractivity contribution in [2.45, 2.75) is 38.1 Å². The molecule has 132 valence electrons. The molecular weight excluding hydrogens is 327 g/mol. The highest BCUT2D eigenvalue weighted by atomic mass is 19.1. The van der Waals surface area contributed by atoms with Crippen LogP contribution in [0, 0.1) is 29.5 Å². The van der Waals surface area contributed by atoms with Crippen molar-refractivity contribution in [2.75, 3.05) is 0 Å². The van der Waals surface area contributed by atoms with Crippen LogP contribution in [-0.2, 0) is 11.2 Å². The zero-order valence-electron chi connectivity index (χ0n) is 14.5. The van der Waals surface area contributed by atoms with Crippen molar-refractivity contribution in [3.63, 3.8) is 0 Å². The summed E-state index contributed by atoms with van der Waals surface area (Å²) in [5.74, 6) is 6.33. The Balaban J connectivity index is 1.44. The SMILES string of the molecule is O=C1NC2CCCCC2C1Cc1ccc(C#Cc2cccc(F)c2)cn1. The number of hydrogen-bond donors (Lipinski definition) is 1. The second kappa shape index (κ2) is 7.29. The van der Waals surface area contributed by atoms with Gasteiger partial charge in [-0.2, -0.15) is 0 Å². The molecule has 3 unspecified atom stereocenters. The second-order valence-corrected chi connectivity index (χ2v) is 7.17. The van der Waals surface area contributed by atoms with E-state index in [1.54, 1.807) is 18.3 Å². The van der Waals surface area contributed by atoms with Gasteiger partial charge in [0.15, 0.2) is 0 Å². The molecule has 2 heterocycles. The number of nitrogens with one attached hydrogen (secondary N) is 1. The third-order valence-corrected chi connectivity index (χ3v) is 5.43. The third-order valence-electron chi connectivity index (χ3n) is 5.43. The van der Waals surface area contributed by atoms with Gasteiger partial charge in [-0.25, -0.2) is 4.39 Å². The van der Waals surface area contributed by atoms with Crippen LogP contribution >= 0.6 is 0 Å². The highest BCUT2D eigenvalue weighted by Crippen LogP contribution is 2.36. The molecule has 3 atom stereocenters. The monoisotopic (exact) mass is 348 g/mol. The predicted molar refractivity (Wildman–Crippen MR) is 97.7 cm³/mol. The Morgan fingerprint density at radius 2 is 1.96 bits per heavy atom. The summed E-state index contributed by atoms with van der Waals surface area (Å²) in [7, 11) is 0. The minimum Gasteiger partial charge on any atom is -0.353 e. The van der Waals surface area contributed by atoms with E-state index in [0.29, 0.717) is 23.9 Å². The fourth-order valence-corrected chi connectivity index (χ4v) is 4.10. The Hall–Kier alpha value is -2.67. The number of rotatable bonds is 2. The first-order valence-corrected chi connectivity index (χ1v) is 9.22. The van der Waals surface area contributed by atoms with Gasteiger partial charge in [-0.1, -0.05) is 30.7 Å². The summed E-state index contributed by atoms with van der Waals surface area (Å²) in [6.07, 6.45) is 7.08. The fraction of sp³-hybridized carbons (Fsp3) is 0.364. The molecule has 1 aliphatic heterocycles. The third kappa shape index (κ3) is 3.62. The summed E-state index contributed by atoms with van der Waals surface area (Å²) in [5.41, 5.74) is 2.34. The van der Waals surface area contributed by atoms with Gasteiger partial charge in [0.05, 0.1) is 0 Å². The minimum absolute atomic E-state index is 0.0389. The van der Waals surface area contributed by atoms with Gasteiger partial charge in [-0.05, 0) is 49.1 Å². The zero-order chi connectivity index (χ0) is 17.9. The van der Waals surface area contributed by atoms with Gasteiger partial charge < -0.3 is 5.32 Å². The largest absolute Gasteiger partial charge is 0.353 e. The first kappa shape index (κ1) is 16.8. The molecule has 1 amide bonds. The van der Waals surface area contributed by atoms with Crippen molar-refractivity contribution in [3.8, 4) is 11.8 Å². The quantitative estimate of drug-likeness (QED) is 0.845. The van der Waals surface area contributed by atoms with Crippen LogP contribution in [0.3, 0.4) is 0 Å². The van der Waals surface area contributed by atoms with Crippen molar-refractivity contribution in [1.29, 1.82) is 0 Å². The van der Waals surface area contributed by atoms with Crippen molar-refractivity contribution in [1.82, 2.24) is 10.3 Å². The van der Waals surface area contributed by atoms with Gasteiger partial charge in [0.2, 0.25) is 5.91 Å². The summed E-state index contributed by atoms with van der Waals surface area (Å²) in [6.45, 7) is 0. The molecule has 3 nitrogen and oxygen atoms in total. The number of halogens is 1. The first-order valence-electron chi connectivity index (χ1n) is 9.22. The molecule has 0 spiro atoms. The number of carbonyl (C=O) groups excluding carboxylic acids is 1. The molecule has 2 aliphatic rings. The lowest BCUT2D eigenvalue weighted by molar-refractivity contribution is -0.123. The van der Waals surface area contributed by atoms with Crippen molar-refractivity contribution < 1.29 is 9.18 Å². The van der Waals surface area contributed by atoms with Gasteiger partial charge in [0.1, 0.15) is 5.82 Å². The number of pyridine rings is 1. The summed E-state index contributed by atoms with van der Waals surface area (Å²) < 4.78 is 13.2. The lowest BCUT2D eigenvalue weighted by Crippen LogP contribution is -2.31. The summed E-state index contributed by atoms with van der Waals surface area (Å²) in [4.78, 5) is 16.8. The Bertz CT molecular complexity index is 866. The number of aromatic nitrogens is 1. The van der Waals surface area contributed by atoms with E-state index in [-0.39, 0.29) is 17.6 Å². The number of benzene rings is 1. The molecule has 1 saturated heterocycles. The van der Waals surface area contributed by atoms with Crippen LogP contribution in [0.15, 0.2) is 42.6 Å². The Labute approximate surface area is 153 Å². The molecule has 4 heteroatoms. The molecule has 2 aromatic rings. The van der Waals surface area contributed by atoms with E-state index in [1.165, 1.54) is 25.0 Å². The fourth-order valence-electron chi connectivity index (χ4n) is 4.10. The van der Waals surface area contributed by atoms with E-state index in [2.05, 4.69) is 22.1 Å².